The number of hydrazine groups is 1. The minimum Gasteiger partial charge on any atom is -0.480 e. The maximum Gasteiger partial charge on any atom is 0.279 e. The lowest BCUT2D eigenvalue weighted by atomic mass is 10.1. The van der Waals surface area contributed by atoms with Gasteiger partial charge in [-0.2, -0.15) is 0 Å². The fourth-order valence-corrected chi connectivity index (χ4v) is 2.71. The summed E-state index contributed by atoms with van der Waals surface area (Å²) in [6.07, 6.45) is -0.806. The van der Waals surface area contributed by atoms with Crippen molar-refractivity contribution in [2.24, 2.45) is 0 Å². The van der Waals surface area contributed by atoms with Crippen LogP contribution in [0, 0.1) is 6.92 Å². The Labute approximate surface area is 153 Å². The largest absolute Gasteiger partial charge is 0.480 e. The van der Waals surface area contributed by atoms with E-state index in [2.05, 4.69) is 26.8 Å². The highest BCUT2D eigenvalue weighted by Gasteiger charge is 2.17. The number of halogens is 2. The third-order valence-electron chi connectivity index (χ3n) is 3.26. The van der Waals surface area contributed by atoms with Gasteiger partial charge in [0.25, 0.3) is 11.8 Å². The molecule has 1 unspecified atom stereocenters. The van der Waals surface area contributed by atoms with Crippen LogP contribution in [0.3, 0.4) is 0 Å². The van der Waals surface area contributed by atoms with E-state index in [-0.39, 0.29) is 5.91 Å². The van der Waals surface area contributed by atoms with Gasteiger partial charge in [-0.15, -0.1) is 0 Å². The molecule has 0 aliphatic carbocycles. The molecule has 0 aliphatic rings. The molecule has 2 N–H and O–H groups in total. The number of benzene rings is 2. The summed E-state index contributed by atoms with van der Waals surface area (Å²) < 4.78 is 6.19. The van der Waals surface area contributed by atoms with Crippen LogP contribution in [0.15, 0.2) is 46.9 Å². The number of rotatable bonds is 4. The Hall–Kier alpha value is -2.05. The first-order chi connectivity index (χ1) is 11.4. The van der Waals surface area contributed by atoms with Crippen LogP contribution >= 0.6 is 27.5 Å². The van der Waals surface area contributed by atoms with Gasteiger partial charge in [0.15, 0.2) is 6.10 Å². The molecular formula is C17H16BrClN2O3. The fraction of sp³-hybridized carbons (Fsp3) is 0.176. The minimum atomic E-state index is -0.806. The number of nitrogens with one attached hydrogen (secondary N) is 2. The number of carbonyl (C=O) groups is 2. The van der Waals surface area contributed by atoms with Crippen molar-refractivity contribution in [3.8, 4) is 5.75 Å². The maximum absolute atomic E-state index is 12.1. The van der Waals surface area contributed by atoms with Crippen LogP contribution in [-0.4, -0.2) is 17.9 Å². The summed E-state index contributed by atoms with van der Waals surface area (Å²) in [7, 11) is 0. The van der Waals surface area contributed by atoms with Crippen LogP contribution in [0.1, 0.15) is 22.8 Å². The molecule has 0 saturated carbocycles. The molecular weight excluding hydrogens is 396 g/mol. The Morgan fingerprint density at radius 3 is 2.54 bits per heavy atom. The van der Waals surface area contributed by atoms with E-state index in [1.165, 1.54) is 0 Å². The van der Waals surface area contributed by atoms with E-state index in [1.807, 2.05) is 19.1 Å². The number of hydrogen-bond donors (Lipinski definition) is 2. The van der Waals surface area contributed by atoms with Crippen LogP contribution < -0.4 is 15.6 Å². The molecule has 0 aromatic heterocycles. The van der Waals surface area contributed by atoms with Gasteiger partial charge in [0.2, 0.25) is 0 Å². The number of aryl methyl sites for hydroxylation is 1. The van der Waals surface area contributed by atoms with Crippen molar-refractivity contribution >= 4 is 39.3 Å². The Kier molecular flexibility index (Phi) is 6.23. The second kappa shape index (κ2) is 8.17. The first kappa shape index (κ1) is 18.3. The number of amides is 2. The van der Waals surface area contributed by atoms with Gasteiger partial charge in [-0.25, -0.2) is 0 Å². The van der Waals surface area contributed by atoms with Crippen molar-refractivity contribution in [3.63, 3.8) is 0 Å². The van der Waals surface area contributed by atoms with Crippen LogP contribution in [0.5, 0.6) is 5.75 Å². The Morgan fingerprint density at radius 1 is 1.17 bits per heavy atom. The zero-order valence-corrected chi connectivity index (χ0v) is 15.4. The first-order valence-corrected chi connectivity index (χ1v) is 8.33. The zero-order valence-electron chi connectivity index (χ0n) is 13.1. The Morgan fingerprint density at radius 2 is 1.88 bits per heavy atom. The molecule has 0 fully saturated rings. The SMILES string of the molecule is Cc1ccccc1C(=O)NNC(=O)C(C)Oc1ccc(Cl)cc1Br. The van der Waals surface area contributed by atoms with Gasteiger partial charge in [0.1, 0.15) is 5.75 Å². The van der Waals surface area contributed by atoms with E-state index in [0.29, 0.717) is 20.8 Å². The predicted molar refractivity (Wildman–Crippen MR) is 96.0 cm³/mol. The average molecular weight is 412 g/mol. The molecule has 0 heterocycles. The highest BCUT2D eigenvalue weighted by Crippen LogP contribution is 2.28. The highest BCUT2D eigenvalue weighted by atomic mass is 79.9. The van der Waals surface area contributed by atoms with E-state index < -0.39 is 12.0 Å². The van der Waals surface area contributed by atoms with Crippen LogP contribution in [0.25, 0.3) is 0 Å². The first-order valence-electron chi connectivity index (χ1n) is 7.16. The van der Waals surface area contributed by atoms with E-state index in [0.717, 1.165) is 5.56 Å². The van der Waals surface area contributed by atoms with E-state index >= 15 is 0 Å². The molecule has 2 amide bonds. The predicted octanol–water partition coefficient (Wildman–Crippen LogP) is 3.64. The van der Waals surface area contributed by atoms with Gasteiger partial charge in [0, 0.05) is 10.6 Å². The lowest BCUT2D eigenvalue weighted by Gasteiger charge is -2.16. The third-order valence-corrected chi connectivity index (χ3v) is 4.11. The van der Waals surface area contributed by atoms with Gasteiger partial charge >= 0.3 is 0 Å². The minimum absolute atomic E-state index is 0.388. The molecule has 2 rings (SSSR count). The highest BCUT2D eigenvalue weighted by molar-refractivity contribution is 9.10. The summed E-state index contributed by atoms with van der Waals surface area (Å²) in [6, 6.07) is 12.1. The average Bonchev–Trinajstić information content (AvgIpc) is 2.55. The third kappa shape index (κ3) is 4.72. The van der Waals surface area contributed by atoms with Crippen molar-refractivity contribution in [3.05, 3.63) is 63.1 Å². The van der Waals surface area contributed by atoms with Gasteiger partial charge in [0.05, 0.1) is 4.47 Å². The monoisotopic (exact) mass is 410 g/mol. The van der Waals surface area contributed by atoms with Crippen molar-refractivity contribution in [2.75, 3.05) is 0 Å². The lowest BCUT2D eigenvalue weighted by Crippen LogP contribution is -2.47. The molecule has 0 bridgehead atoms. The molecule has 0 saturated heterocycles. The summed E-state index contributed by atoms with van der Waals surface area (Å²) in [6.45, 7) is 3.40. The molecule has 24 heavy (non-hydrogen) atoms. The zero-order chi connectivity index (χ0) is 17.7. The molecule has 1 atom stereocenters. The Bertz CT molecular complexity index is 767. The second-order valence-corrected chi connectivity index (χ2v) is 6.38. The molecule has 7 heteroatoms. The van der Waals surface area contributed by atoms with Crippen molar-refractivity contribution < 1.29 is 14.3 Å². The van der Waals surface area contributed by atoms with Gasteiger partial charge < -0.3 is 4.74 Å². The van der Waals surface area contributed by atoms with E-state index in [9.17, 15) is 9.59 Å². The fourth-order valence-electron chi connectivity index (χ4n) is 1.93. The summed E-state index contributed by atoms with van der Waals surface area (Å²) in [5.41, 5.74) is 6.04. The molecule has 126 valence electrons. The molecule has 0 aliphatic heterocycles. The smallest absolute Gasteiger partial charge is 0.279 e. The van der Waals surface area contributed by atoms with Crippen LogP contribution in [-0.2, 0) is 4.79 Å². The lowest BCUT2D eigenvalue weighted by molar-refractivity contribution is -0.128. The Balaban J connectivity index is 1.92. The number of hydrogen-bond acceptors (Lipinski definition) is 3. The van der Waals surface area contributed by atoms with Crippen molar-refractivity contribution in [2.45, 2.75) is 20.0 Å². The summed E-state index contributed by atoms with van der Waals surface area (Å²) >= 11 is 9.17. The van der Waals surface area contributed by atoms with Gasteiger partial charge in [-0.05, 0) is 59.6 Å². The van der Waals surface area contributed by atoms with E-state index in [4.69, 9.17) is 16.3 Å². The summed E-state index contributed by atoms with van der Waals surface area (Å²) in [5, 5.41) is 0.553. The second-order valence-electron chi connectivity index (χ2n) is 5.09. The molecule has 0 spiro atoms. The van der Waals surface area contributed by atoms with Crippen molar-refractivity contribution in [1.82, 2.24) is 10.9 Å². The topological polar surface area (TPSA) is 67.4 Å². The molecule has 2 aromatic carbocycles. The summed E-state index contributed by atoms with van der Waals surface area (Å²) in [4.78, 5) is 24.1. The molecule has 5 nitrogen and oxygen atoms in total. The van der Waals surface area contributed by atoms with Crippen LogP contribution in [0.2, 0.25) is 5.02 Å². The number of carbonyl (C=O) groups excluding carboxylic acids is 2. The maximum atomic E-state index is 12.1. The van der Waals surface area contributed by atoms with E-state index in [1.54, 1.807) is 37.3 Å². The molecule has 2 aromatic rings. The number of ether oxygens (including phenoxy) is 1. The van der Waals surface area contributed by atoms with Gasteiger partial charge in [-0.1, -0.05) is 29.8 Å². The van der Waals surface area contributed by atoms with Crippen molar-refractivity contribution in [1.29, 1.82) is 0 Å². The quantitative estimate of drug-likeness (QED) is 0.755. The molecule has 0 radical (unpaired) electrons. The summed E-state index contributed by atoms with van der Waals surface area (Å²) in [5.74, 6) is -0.382. The normalized spacial score (nSPS) is 11.5. The van der Waals surface area contributed by atoms with Crippen LogP contribution in [0.4, 0.5) is 0 Å². The standard InChI is InChI=1S/C17H16BrClN2O3/c1-10-5-3-4-6-13(10)17(23)21-20-16(22)11(2)24-15-8-7-12(19)9-14(15)18/h3-9,11H,1-2H3,(H,20,22)(H,21,23). The van der Waals surface area contributed by atoms with Gasteiger partial charge in [-0.3, -0.25) is 20.4 Å².